The Bertz CT molecular complexity index is 2780. The maximum Gasteiger partial charge on any atom is 0.160 e. The molecule has 4 nitrogen and oxygen atoms in total. The fourth-order valence-corrected chi connectivity index (χ4v) is 7.94. The number of para-hydroxylation sites is 2. The minimum Gasteiger partial charge on any atom is -0.309 e. The van der Waals surface area contributed by atoms with Gasteiger partial charge in [0.05, 0.1) is 32.6 Å². The molecule has 0 amide bonds. The predicted octanol–water partition coefficient (Wildman–Crippen LogP) is 12.0. The first-order chi connectivity index (χ1) is 24.7. The van der Waals surface area contributed by atoms with Crippen LogP contribution in [0.15, 0.2) is 170 Å². The van der Waals surface area contributed by atoms with Crippen molar-refractivity contribution in [2.75, 3.05) is 0 Å². The van der Waals surface area contributed by atoms with Gasteiger partial charge in [-0.2, -0.15) is 0 Å². The van der Waals surface area contributed by atoms with Crippen molar-refractivity contribution < 1.29 is 0 Å². The first-order valence-corrected chi connectivity index (χ1v) is 17.5. The normalized spacial score (nSPS) is 11.6. The second-order valence-electron chi connectivity index (χ2n) is 12.5. The van der Waals surface area contributed by atoms with Crippen LogP contribution in [0.3, 0.4) is 0 Å². The average Bonchev–Trinajstić information content (AvgIpc) is 3.77. The number of benzene rings is 7. The van der Waals surface area contributed by atoms with Crippen LogP contribution in [0.5, 0.6) is 0 Å². The molecule has 0 fully saturated rings. The Labute approximate surface area is 292 Å². The van der Waals surface area contributed by atoms with Crippen molar-refractivity contribution in [2.24, 2.45) is 0 Å². The van der Waals surface area contributed by atoms with Crippen LogP contribution in [0.25, 0.3) is 93.0 Å². The van der Waals surface area contributed by atoms with E-state index in [1.165, 1.54) is 21.0 Å². The van der Waals surface area contributed by atoms with Gasteiger partial charge in [0.2, 0.25) is 0 Å². The highest BCUT2D eigenvalue weighted by atomic mass is 32.1. The molecule has 50 heavy (non-hydrogen) atoms. The highest BCUT2D eigenvalue weighted by Crippen LogP contribution is 2.38. The molecule has 0 aliphatic rings. The maximum absolute atomic E-state index is 5.09. The topological polar surface area (TPSA) is 43.6 Å². The fraction of sp³-hybridized carbons (Fsp3) is 0. The number of thiazole rings is 1. The van der Waals surface area contributed by atoms with Crippen LogP contribution >= 0.6 is 11.3 Å². The summed E-state index contributed by atoms with van der Waals surface area (Å²) in [5, 5.41) is 5.77. The number of fused-ring (bicyclic) bond motifs is 5. The van der Waals surface area contributed by atoms with E-state index >= 15 is 0 Å². The van der Waals surface area contributed by atoms with Crippen LogP contribution in [0.2, 0.25) is 0 Å². The first kappa shape index (κ1) is 28.6. The van der Waals surface area contributed by atoms with Crippen molar-refractivity contribution in [1.29, 1.82) is 0 Å². The van der Waals surface area contributed by atoms with Gasteiger partial charge in [-0.3, -0.25) is 0 Å². The van der Waals surface area contributed by atoms with Crippen LogP contribution in [0.1, 0.15) is 0 Å². The molecule has 0 bridgehead atoms. The summed E-state index contributed by atoms with van der Waals surface area (Å²) in [7, 11) is 0. The zero-order valence-corrected chi connectivity index (χ0v) is 27.7. The van der Waals surface area contributed by atoms with E-state index in [-0.39, 0.29) is 0 Å². The second-order valence-corrected chi connectivity index (χ2v) is 13.5. The lowest BCUT2D eigenvalue weighted by Crippen LogP contribution is -1.96. The summed E-state index contributed by atoms with van der Waals surface area (Å²) in [6.45, 7) is 0. The Morgan fingerprint density at radius 2 is 1.08 bits per heavy atom. The zero-order chi connectivity index (χ0) is 33.0. The molecule has 0 saturated heterocycles. The number of hydrogen-bond donors (Lipinski definition) is 0. The average molecular weight is 657 g/mol. The van der Waals surface area contributed by atoms with Gasteiger partial charge < -0.3 is 4.57 Å². The largest absolute Gasteiger partial charge is 0.309 e. The molecule has 10 rings (SSSR count). The smallest absolute Gasteiger partial charge is 0.160 e. The van der Waals surface area contributed by atoms with E-state index in [1.54, 1.807) is 11.3 Å². The fourth-order valence-electron chi connectivity index (χ4n) is 6.98. The minimum atomic E-state index is 0.704. The molecule has 0 aliphatic carbocycles. The molecular formula is C45H28N4S. The van der Waals surface area contributed by atoms with E-state index in [0.717, 1.165) is 66.1 Å². The molecule has 0 atom stereocenters. The molecule has 234 valence electrons. The third kappa shape index (κ3) is 4.87. The van der Waals surface area contributed by atoms with Crippen molar-refractivity contribution in [1.82, 2.24) is 19.5 Å². The lowest BCUT2D eigenvalue weighted by molar-refractivity contribution is 1.18. The molecule has 10 aromatic rings. The standard InChI is InChI=1S/C45H28N4S/c1-3-11-30(12-4-1)39-28-40(31-13-5-2-6-14-31)47-44(46-39)32-20-19-29-21-23-35(26-34(29)25-32)49-41-17-9-7-15-36(41)37-24-22-33(27-42(37)49)45-48-38-16-8-10-18-43(38)50-45/h1-28H. The number of nitrogens with zero attached hydrogens (tertiary/aromatic N) is 4. The Hall–Kier alpha value is -6.43. The lowest BCUT2D eigenvalue weighted by atomic mass is 10.0. The Balaban J connectivity index is 1.14. The third-order valence-corrected chi connectivity index (χ3v) is 10.5. The van der Waals surface area contributed by atoms with Crippen molar-refractivity contribution in [3.8, 4) is 50.2 Å². The van der Waals surface area contributed by atoms with E-state index in [4.69, 9.17) is 15.0 Å². The molecule has 7 aromatic carbocycles. The predicted molar refractivity (Wildman–Crippen MR) is 209 cm³/mol. The quantitative estimate of drug-likeness (QED) is 0.185. The molecule has 3 heterocycles. The number of aromatic nitrogens is 4. The zero-order valence-electron chi connectivity index (χ0n) is 26.9. The maximum atomic E-state index is 5.09. The Morgan fingerprint density at radius 3 is 1.86 bits per heavy atom. The highest BCUT2D eigenvalue weighted by molar-refractivity contribution is 7.21. The highest BCUT2D eigenvalue weighted by Gasteiger charge is 2.16. The van der Waals surface area contributed by atoms with E-state index in [9.17, 15) is 0 Å². The molecule has 5 heteroatoms. The van der Waals surface area contributed by atoms with Crippen molar-refractivity contribution in [3.63, 3.8) is 0 Å². The van der Waals surface area contributed by atoms with Gasteiger partial charge in [-0.25, -0.2) is 15.0 Å². The SMILES string of the molecule is c1ccc(-c2cc(-c3ccccc3)nc(-c3ccc4ccc(-n5c6ccccc6c6ccc(-c7nc8ccccc8s7)cc65)cc4c3)n2)cc1. The summed E-state index contributed by atoms with van der Waals surface area (Å²) >= 11 is 1.74. The molecule has 0 spiro atoms. The van der Waals surface area contributed by atoms with E-state index in [2.05, 4.69) is 132 Å². The van der Waals surface area contributed by atoms with Gasteiger partial charge in [0, 0.05) is 38.7 Å². The Kier molecular flexibility index (Phi) is 6.64. The molecule has 3 aromatic heterocycles. The summed E-state index contributed by atoms with van der Waals surface area (Å²) in [5.41, 5.74) is 10.5. The summed E-state index contributed by atoms with van der Waals surface area (Å²) in [4.78, 5) is 15.2. The van der Waals surface area contributed by atoms with Crippen molar-refractivity contribution in [3.05, 3.63) is 170 Å². The van der Waals surface area contributed by atoms with Gasteiger partial charge in [0.1, 0.15) is 5.01 Å². The van der Waals surface area contributed by atoms with Gasteiger partial charge in [0.25, 0.3) is 0 Å². The first-order valence-electron chi connectivity index (χ1n) is 16.7. The van der Waals surface area contributed by atoms with Crippen LogP contribution < -0.4 is 0 Å². The summed E-state index contributed by atoms with van der Waals surface area (Å²) in [6, 6.07) is 59.7. The van der Waals surface area contributed by atoms with Crippen LogP contribution in [-0.4, -0.2) is 19.5 Å². The van der Waals surface area contributed by atoms with E-state index in [0.29, 0.717) is 5.82 Å². The van der Waals surface area contributed by atoms with Gasteiger partial charge in [-0.1, -0.05) is 121 Å². The molecule has 0 saturated carbocycles. The van der Waals surface area contributed by atoms with Crippen LogP contribution in [-0.2, 0) is 0 Å². The number of hydrogen-bond acceptors (Lipinski definition) is 4. The van der Waals surface area contributed by atoms with Crippen LogP contribution in [0, 0.1) is 0 Å². The summed E-state index contributed by atoms with van der Waals surface area (Å²) in [6.07, 6.45) is 0. The second kappa shape index (κ2) is 11.6. The van der Waals surface area contributed by atoms with Crippen molar-refractivity contribution in [2.45, 2.75) is 0 Å². The molecule has 0 aliphatic heterocycles. The molecule has 0 radical (unpaired) electrons. The summed E-state index contributed by atoms with van der Waals surface area (Å²) < 4.78 is 3.58. The summed E-state index contributed by atoms with van der Waals surface area (Å²) in [5.74, 6) is 0.704. The lowest BCUT2D eigenvalue weighted by Gasteiger charge is -2.12. The van der Waals surface area contributed by atoms with Crippen molar-refractivity contribution >= 4 is 54.1 Å². The number of rotatable bonds is 5. The molecular weight excluding hydrogens is 629 g/mol. The Morgan fingerprint density at radius 1 is 0.420 bits per heavy atom. The monoisotopic (exact) mass is 656 g/mol. The minimum absolute atomic E-state index is 0.704. The molecule has 0 unspecified atom stereocenters. The van der Waals surface area contributed by atoms with Gasteiger partial charge in [-0.15, -0.1) is 11.3 Å². The van der Waals surface area contributed by atoms with Gasteiger partial charge >= 0.3 is 0 Å². The van der Waals surface area contributed by atoms with Crippen LogP contribution in [0.4, 0.5) is 0 Å². The van der Waals surface area contributed by atoms with E-state index < -0.39 is 0 Å². The molecule has 0 N–H and O–H groups in total. The van der Waals surface area contributed by atoms with Gasteiger partial charge in [0.15, 0.2) is 5.82 Å². The third-order valence-electron chi connectivity index (χ3n) is 9.42. The van der Waals surface area contributed by atoms with Gasteiger partial charge in [-0.05, 0) is 59.3 Å². The van der Waals surface area contributed by atoms with E-state index in [1.807, 2.05) is 42.5 Å².